The number of carbonyl (C=O) groups is 2. The van der Waals surface area contributed by atoms with Crippen LogP contribution >= 0.6 is 0 Å². The summed E-state index contributed by atoms with van der Waals surface area (Å²) in [5.74, 6) is 0.225. The van der Waals surface area contributed by atoms with Gasteiger partial charge in [0.15, 0.2) is 5.75 Å². The van der Waals surface area contributed by atoms with E-state index in [4.69, 9.17) is 4.89 Å². The van der Waals surface area contributed by atoms with Crippen LogP contribution in [0.1, 0.15) is 51.0 Å². The maximum atomic E-state index is 11.3. The molecule has 0 aliphatic carbocycles. The lowest BCUT2D eigenvalue weighted by Gasteiger charge is -2.08. The van der Waals surface area contributed by atoms with E-state index in [-0.39, 0.29) is 12.0 Å². The van der Waals surface area contributed by atoms with Crippen molar-refractivity contribution in [1.29, 1.82) is 0 Å². The molecule has 0 spiro atoms. The largest absolute Gasteiger partial charge is 0.373 e. The predicted molar refractivity (Wildman–Crippen MR) is 85.2 cm³/mol. The number of aldehydes is 1. The Morgan fingerprint density at radius 1 is 1.09 bits per heavy atom. The number of para-hydroxylation sites is 1. The predicted octanol–water partition coefficient (Wildman–Crippen LogP) is 2.96. The van der Waals surface area contributed by atoms with Crippen molar-refractivity contribution >= 4 is 21.5 Å². The van der Waals surface area contributed by atoms with E-state index in [0.29, 0.717) is 6.42 Å². The molecule has 0 fully saturated rings. The van der Waals surface area contributed by atoms with Crippen LogP contribution in [-0.2, 0) is 30.5 Å². The van der Waals surface area contributed by atoms with Crippen LogP contribution in [0.2, 0.25) is 0 Å². The standard InChI is InChI=1S/C16H22O6S/c1-2-3-4-5-6-7-10-14-11-8-9-12-15(14)21-22-23(19,20)16(18)13-17/h8-9,11-13H,2-7,10H2,1H3. The molecule has 0 saturated carbocycles. The van der Waals surface area contributed by atoms with E-state index in [1.54, 1.807) is 18.2 Å². The zero-order valence-electron chi connectivity index (χ0n) is 13.2. The van der Waals surface area contributed by atoms with Gasteiger partial charge in [0.25, 0.3) is 0 Å². The molecule has 0 unspecified atom stereocenters. The Morgan fingerprint density at radius 2 is 1.74 bits per heavy atom. The summed E-state index contributed by atoms with van der Waals surface area (Å²) in [5.41, 5.74) is 0.789. The van der Waals surface area contributed by atoms with E-state index in [9.17, 15) is 18.0 Å². The molecular weight excluding hydrogens is 320 g/mol. The summed E-state index contributed by atoms with van der Waals surface area (Å²) in [5, 5.41) is -1.68. The average Bonchev–Trinajstić information content (AvgIpc) is 2.56. The molecule has 0 amide bonds. The van der Waals surface area contributed by atoms with Crippen LogP contribution in [0.4, 0.5) is 0 Å². The normalized spacial score (nSPS) is 11.2. The molecule has 0 aromatic heterocycles. The number of benzene rings is 1. The molecule has 0 bridgehead atoms. The molecule has 128 valence electrons. The summed E-state index contributed by atoms with van der Waals surface area (Å²) >= 11 is 0. The van der Waals surface area contributed by atoms with Gasteiger partial charge in [0.2, 0.25) is 6.29 Å². The summed E-state index contributed by atoms with van der Waals surface area (Å²) in [6, 6.07) is 6.83. The highest BCUT2D eigenvalue weighted by Gasteiger charge is 2.25. The minimum Gasteiger partial charge on any atom is -0.320 e. The molecule has 0 heterocycles. The maximum Gasteiger partial charge on any atom is 0.373 e. The van der Waals surface area contributed by atoms with E-state index in [1.165, 1.54) is 19.3 Å². The van der Waals surface area contributed by atoms with Gasteiger partial charge in [-0.2, -0.15) is 8.42 Å². The fraction of sp³-hybridized carbons (Fsp3) is 0.500. The molecule has 0 aliphatic rings. The SMILES string of the molecule is CCCCCCCCc1ccccc1OOS(=O)(=O)C(=O)C=O. The second kappa shape index (κ2) is 10.1. The number of unbranched alkanes of at least 4 members (excludes halogenated alkanes) is 5. The number of hydrogen-bond donors (Lipinski definition) is 0. The Bertz CT molecular complexity index is 609. The first-order chi connectivity index (χ1) is 11.0. The summed E-state index contributed by atoms with van der Waals surface area (Å²) in [6.07, 6.45) is 7.22. The monoisotopic (exact) mass is 342 g/mol. The van der Waals surface area contributed by atoms with Crippen molar-refractivity contribution in [2.24, 2.45) is 0 Å². The van der Waals surface area contributed by atoms with Gasteiger partial charge in [-0.25, -0.2) is 0 Å². The van der Waals surface area contributed by atoms with Gasteiger partial charge in [0.1, 0.15) is 0 Å². The van der Waals surface area contributed by atoms with Gasteiger partial charge in [-0.15, -0.1) is 0 Å². The fourth-order valence-corrected chi connectivity index (χ4v) is 2.41. The Kier molecular flexibility index (Phi) is 8.50. The molecule has 7 heteroatoms. The highest BCUT2D eigenvalue weighted by Crippen LogP contribution is 2.21. The Hall–Kier alpha value is -1.73. The van der Waals surface area contributed by atoms with Crippen LogP contribution in [0.25, 0.3) is 0 Å². The summed E-state index contributed by atoms with van der Waals surface area (Å²) in [7, 11) is -4.69. The number of rotatable bonds is 11. The van der Waals surface area contributed by atoms with Crippen molar-refractivity contribution in [2.45, 2.75) is 51.9 Å². The van der Waals surface area contributed by atoms with E-state index in [2.05, 4.69) is 11.3 Å². The lowest BCUT2D eigenvalue weighted by molar-refractivity contribution is -0.129. The van der Waals surface area contributed by atoms with E-state index in [0.717, 1.165) is 24.8 Å². The molecule has 0 N–H and O–H groups in total. The van der Waals surface area contributed by atoms with Crippen molar-refractivity contribution in [3.8, 4) is 5.75 Å². The molecule has 1 rings (SSSR count). The van der Waals surface area contributed by atoms with Gasteiger partial charge in [-0.3, -0.25) is 9.59 Å². The third kappa shape index (κ3) is 6.92. The van der Waals surface area contributed by atoms with Gasteiger partial charge >= 0.3 is 15.2 Å². The molecule has 6 nitrogen and oxygen atoms in total. The molecule has 0 saturated heterocycles. The van der Waals surface area contributed by atoms with Gasteiger partial charge in [-0.05, 0) is 28.8 Å². The first kappa shape index (κ1) is 19.3. The van der Waals surface area contributed by atoms with Gasteiger partial charge < -0.3 is 4.89 Å². The van der Waals surface area contributed by atoms with Crippen molar-refractivity contribution < 1.29 is 27.2 Å². The van der Waals surface area contributed by atoms with Crippen LogP contribution < -0.4 is 4.89 Å². The van der Waals surface area contributed by atoms with Crippen LogP contribution in [0.3, 0.4) is 0 Å². The minimum absolute atomic E-state index is 0.225. The third-order valence-corrected chi connectivity index (χ3v) is 4.16. The highest BCUT2D eigenvalue weighted by atomic mass is 32.2. The zero-order chi connectivity index (χ0) is 17.1. The first-order valence-electron chi connectivity index (χ1n) is 7.69. The van der Waals surface area contributed by atoms with E-state index in [1.807, 2.05) is 6.07 Å². The number of aryl methyl sites for hydroxylation is 1. The summed E-state index contributed by atoms with van der Waals surface area (Å²) in [4.78, 5) is 25.8. The third-order valence-electron chi connectivity index (χ3n) is 3.33. The van der Waals surface area contributed by atoms with Crippen LogP contribution in [-0.4, -0.2) is 19.8 Å². The highest BCUT2D eigenvalue weighted by molar-refractivity contribution is 8.03. The Labute approximate surface area is 136 Å². The lowest BCUT2D eigenvalue weighted by Crippen LogP contribution is -2.20. The number of carbonyl (C=O) groups excluding carboxylic acids is 2. The quantitative estimate of drug-likeness (QED) is 0.202. The molecule has 0 atom stereocenters. The smallest absolute Gasteiger partial charge is 0.320 e. The fourth-order valence-electron chi connectivity index (χ4n) is 2.06. The van der Waals surface area contributed by atoms with Crippen LogP contribution in [0.15, 0.2) is 24.3 Å². The molecule has 0 aliphatic heterocycles. The Balaban J connectivity index is 2.54. The molecular formula is C16H22O6S. The topological polar surface area (TPSA) is 86.7 Å². The van der Waals surface area contributed by atoms with Crippen molar-refractivity contribution in [2.75, 3.05) is 0 Å². The van der Waals surface area contributed by atoms with Gasteiger partial charge in [-0.1, -0.05) is 57.2 Å². The minimum atomic E-state index is -4.69. The summed E-state index contributed by atoms with van der Waals surface area (Å²) in [6.45, 7) is 2.16. The molecule has 1 aromatic carbocycles. The van der Waals surface area contributed by atoms with E-state index >= 15 is 0 Å². The average molecular weight is 342 g/mol. The molecule has 1 aromatic rings. The second-order valence-corrected chi connectivity index (χ2v) is 6.61. The second-order valence-electron chi connectivity index (χ2n) is 5.17. The van der Waals surface area contributed by atoms with Gasteiger partial charge in [0.05, 0.1) is 0 Å². The maximum absolute atomic E-state index is 11.3. The first-order valence-corrected chi connectivity index (χ1v) is 9.10. The van der Waals surface area contributed by atoms with Crippen LogP contribution in [0, 0.1) is 0 Å². The van der Waals surface area contributed by atoms with Gasteiger partial charge in [0, 0.05) is 0 Å². The molecule has 0 radical (unpaired) electrons. The van der Waals surface area contributed by atoms with Crippen molar-refractivity contribution in [1.82, 2.24) is 0 Å². The molecule has 23 heavy (non-hydrogen) atoms. The van der Waals surface area contributed by atoms with E-state index < -0.39 is 15.2 Å². The van der Waals surface area contributed by atoms with Crippen molar-refractivity contribution in [3.63, 3.8) is 0 Å². The Morgan fingerprint density at radius 3 is 2.43 bits per heavy atom. The van der Waals surface area contributed by atoms with Crippen molar-refractivity contribution in [3.05, 3.63) is 29.8 Å². The summed E-state index contributed by atoms with van der Waals surface area (Å²) < 4.78 is 26.7. The lowest BCUT2D eigenvalue weighted by atomic mass is 10.0. The zero-order valence-corrected chi connectivity index (χ0v) is 14.0. The number of hydrogen-bond acceptors (Lipinski definition) is 6. The van der Waals surface area contributed by atoms with Crippen LogP contribution in [0.5, 0.6) is 5.75 Å².